The van der Waals surface area contributed by atoms with Gasteiger partial charge in [0.25, 0.3) is 5.91 Å². The number of carbonyl (C=O) groups excluding carboxylic acids is 1. The summed E-state index contributed by atoms with van der Waals surface area (Å²) in [4.78, 5) is 20.8. The van der Waals surface area contributed by atoms with Crippen molar-refractivity contribution in [2.45, 2.75) is 20.3 Å². The third kappa shape index (κ3) is 2.03. The molecule has 0 atom stereocenters. The van der Waals surface area contributed by atoms with Crippen LogP contribution in [0, 0.1) is 6.92 Å². The Labute approximate surface area is 115 Å². The average Bonchev–Trinajstić information content (AvgIpc) is 3.04. The highest BCUT2D eigenvalue weighted by molar-refractivity contribution is 6.03. The second kappa shape index (κ2) is 4.76. The van der Waals surface area contributed by atoms with E-state index in [1.165, 1.54) is 6.33 Å². The van der Waals surface area contributed by atoms with Crippen molar-refractivity contribution in [2.24, 2.45) is 0 Å². The molecule has 7 heteroatoms. The first-order valence-electron chi connectivity index (χ1n) is 6.33. The molecule has 2 N–H and O–H groups in total. The molecule has 3 aromatic rings. The lowest BCUT2D eigenvalue weighted by Crippen LogP contribution is -2.17. The Kier molecular flexibility index (Phi) is 2.94. The molecule has 0 aromatic carbocycles. The highest BCUT2D eigenvalue weighted by Gasteiger charge is 2.19. The first-order chi connectivity index (χ1) is 9.69. The number of fused-ring (bicyclic) bond motifs is 1. The fourth-order valence-electron chi connectivity index (χ4n) is 2.12. The predicted octanol–water partition coefficient (Wildman–Crippen LogP) is 1.58. The number of H-pyrrole nitrogens is 1. The van der Waals surface area contributed by atoms with E-state index in [2.05, 4.69) is 25.5 Å². The van der Waals surface area contributed by atoms with Gasteiger partial charge in [-0.1, -0.05) is 13.0 Å². The van der Waals surface area contributed by atoms with Crippen molar-refractivity contribution in [1.82, 2.24) is 24.6 Å². The summed E-state index contributed by atoms with van der Waals surface area (Å²) in [6.07, 6.45) is 3.92. The predicted molar refractivity (Wildman–Crippen MR) is 73.6 cm³/mol. The van der Waals surface area contributed by atoms with Crippen molar-refractivity contribution in [3.05, 3.63) is 41.6 Å². The number of amides is 1. The Morgan fingerprint density at radius 1 is 1.45 bits per heavy atom. The van der Waals surface area contributed by atoms with E-state index in [1.54, 1.807) is 4.40 Å². The number of aromatic amines is 1. The number of aryl methyl sites for hydroxylation is 2. The van der Waals surface area contributed by atoms with Gasteiger partial charge in [-0.15, -0.1) is 0 Å². The molecule has 20 heavy (non-hydrogen) atoms. The Morgan fingerprint density at radius 3 is 3.00 bits per heavy atom. The summed E-state index contributed by atoms with van der Waals surface area (Å²) in [5.74, 6) is 0.0661. The molecule has 0 radical (unpaired) electrons. The lowest BCUT2D eigenvalue weighted by Gasteiger charge is -2.04. The van der Waals surface area contributed by atoms with Gasteiger partial charge in [-0.2, -0.15) is 10.1 Å². The van der Waals surface area contributed by atoms with Crippen LogP contribution in [0.4, 0.5) is 5.95 Å². The molecule has 0 saturated heterocycles. The molecule has 3 aromatic heterocycles. The minimum Gasteiger partial charge on any atom is -0.295 e. The molecule has 0 aliphatic carbocycles. The van der Waals surface area contributed by atoms with Crippen LogP contribution < -0.4 is 5.32 Å². The van der Waals surface area contributed by atoms with Crippen LogP contribution in [0.1, 0.15) is 28.7 Å². The van der Waals surface area contributed by atoms with Crippen molar-refractivity contribution < 1.29 is 4.79 Å². The number of imidazole rings is 1. The number of hydrogen-bond donors (Lipinski definition) is 2. The summed E-state index contributed by atoms with van der Waals surface area (Å²) in [5, 5.41) is 8.99. The quantitative estimate of drug-likeness (QED) is 0.756. The summed E-state index contributed by atoms with van der Waals surface area (Å²) < 4.78 is 1.81. The van der Waals surface area contributed by atoms with E-state index in [0.29, 0.717) is 18.1 Å². The summed E-state index contributed by atoms with van der Waals surface area (Å²) in [7, 11) is 0. The number of rotatable bonds is 3. The Morgan fingerprint density at radius 2 is 2.30 bits per heavy atom. The molecule has 0 aliphatic heterocycles. The molecule has 0 spiro atoms. The van der Waals surface area contributed by atoms with E-state index in [-0.39, 0.29) is 5.91 Å². The van der Waals surface area contributed by atoms with Crippen LogP contribution in [0.2, 0.25) is 0 Å². The van der Waals surface area contributed by atoms with Crippen LogP contribution in [0.5, 0.6) is 0 Å². The molecule has 0 unspecified atom stereocenters. The van der Waals surface area contributed by atoms with Gasteiger partial charge in [-0.3, -0.25) is 14.5 Å². The Hall–Kier alpha value is -2.70. The van der Waals surface area contributed by atoms with Crippen LogP contribution in [0.3, 0.4) is 0 Å². The van der Waals surface area contributed by atoms with Crippen molar-refractivity contribution in [2.75, 3.05) is 5.32 Å². The Bertz CT molecular complexity index is 759. The van der Waals surface area contributed by atoms with Gasteiger partial charge < -0.3 is 0 Å². The number of hydrogen-bond acceptors (Lipinski definition) is 4. The zero-order chi connectivity index (χ0) is 14.1. The second-order valence-corrected chi connectivity index (χ2v) is 4.48. The molecule has 0 fully saturated rings. The summed E-state index contributed by atoms with van der Waals surface area (Å²) in [6.45, 7) is 3.95. The van der Waals surface area contributed by atoms with Crippen molar-refractivity contribution >= 4 is 17.5 Å². The molecule has 3 rings (SSSR count). The maximum Gasteiger partial charge on any atom is 0.276 e. The highest BCUT2D eigenvalue weighted by Crippen LogP contribution is 2.16. The fourth-order valence-corrected chi connectivity index (χ4v) is 2.12. The van der Waals surface area contributed by atoms with Gasteiger partial charge in [0.05, 0.1) is 5.69 Å². The normalized spacial score (nSPS) is 10.9. The number of nitrogens with one attached hydrogen (secondary N) is 2. The zero-order valence-corrected chi connectivity index (χ0v) is 11.2. The maximum atomic E-state index is 12.4. The van der Waals surface area contributed by atoms with Crippen LogP contribution in [-0.2, 0) is 6.42 Å². The van der Waals surface area contributed by atoms with E-state index in [9.17, 15) is 4.79 Å². The molecule has 1 amide bonds. The average molecular weight is 270 g/mol. The molecule has 7 nitrogen and oxygen atoms in total. The number of carbonyl (C=O) groups is 1. The molecular formula is C13H14N6O. The van der Waals surface area contributed by atoms with Crippen LogP contribution in [0.15, 0.2) is 24.7 Å². The van der Waals surface area contributed by atoms with E-state index < -0.39 is 0 Å². The minimum atomic E-state index is -0.253. The summed E-state index contributed by atoms with van der Waals surface area (Å²) in [6, 6.07) is 3.87. The van der Waals surface area contributed by atoms with Crippen molar-refractivity contribution in [3.63, 3.8) is 0 Å². The summed E-state index contributed by atoms with van der Waals surface area (Å²) >= 11 is 0. The van der Waals surface area contributed by atoms with E-state index in [1.807, 2.05) is 32.2 Å². The largest absolute Gasteiger partial charge is 0.295 e. The van der Waals surface area contributed by atoms with Gasteiger partial charge in [0, 0.05) is 6.20 Å². The van der Waals surface area contributed by atoms with Crippen LogP contribution in [-0.4, -0.2) is 30.5 Å². The number of nitrogens with zero attached hydrogens (tertiary/aromatic N) is 4. The van der Waals surface area contributed by atoms with Gasteiger partial charge >= 0.3 is 0 Å². The van der Waals surface area contributed by atoms with Gasteiger partial charge in [0.2, 0.25) is 5.95 Å². The summed E-state index contributed by atoms with van der Waals surface area (Å²) in [5.41, 5.74) is 3.11. The monoisotopic (exact) mass is 270 g/mol. The van der Waals surface area contributed by atoms with Crippen LogP contribution >= 0.6 is 0 Å². The Balaban J connectivity index is 2.08. The first-order valence-corrected chi connectivity index (χ1v) is 6.33. The van der Waals surface area contributed by atoms with Gasteiger partial charge in [0.15, 0.2) is 0 Å². The number of aromatic nitrogens is 5. The third-order valence-electron chi connectivity index (χ3n) is 3.04. The minimum absolute atomic E-state index is 0.253. The molecule has 102 valence electrons. The molecular weight excluding hydrogens is 256 g/mol. The number of anilines is 1. The van der Waals surface area contributed by atoms with Gasteiger partial charge in [0.1, 0.15) is 17.7 Å². The second-order valence-electron chi connectivity index (χ2n) is 4.48. The highest BCUT2D eigenvalue weighted by atomic mass is 16.2. The first kappa shape index (κ1) is 12.3. The lowest BCUT2D eigenvalue weighted by atomic mass is 10.2. The smallest absolute Gasteiger partial charge is 0.276 e. The third-order valence-corrected chi connectivity index (χ3v) is 3.04. The topological polar surface area (TPSA) is 88.0 Å². The van der Waals surface area contributed by atoms with E-state index in [0.717, 1.165) is 16.9 Å². The van der Waals surface area contributed by atoms with Crippen molar-refractivity contribution in [1.29, 1.82) is 0 Å². The molecule has 0 saturated carbocycles. The molecule has 0 aliphatic rings. The van der Waals surface area contributed by atoms with E-state index >= 15 is 0 Å². The van der Waals surface area contributed by atoms with Gasteiger partial charge in [-0.25, -0.2) is 10.1 Å². The number of pyridine rings is 1. The fraction of sp³-hybridized carbons (Fsp3) is 0.231. The van der Waals surface area contributed by atoms with Gasteiger partial charge in [-0.05, 0) is 25.0 Å². The van der Waals surface area contributed by atoms with E-state index in [4.69, 9.17) is 0 Å². The lowest BCUT2D eigenvalue weighted by molar-refractivity contribution is 0.101. The standard InChI is InChI=1S/C13H14N6O/c1-3-9-11(12(20)17-13-14-7-15-18-13)19-6-8(2)4-5-10(19)16-9/h4-7H,3H2,1-2H3,(H2,14,15,17,18,20). The maximum absolute atomic E-state index is 12.4. The molecule has 3 heterocycles. The SMILES string of the molecule is CCc1nc2ccc(C)cn2c1C(=O)Nc1ncn[nH]1. The van der Waals surface area contributed by atoms with Crippen LogP contribution in [0.25, 0.3) is 5.65 Å². The zero-order valence-electron chi connectivity index (χ0n) is 11.2. The molecule has 0 bridgehead atoms. The van der Waals surface area contributed by atoms with Crippen molar-refractivity contribution in [3.8, 4) is 0 Å².